The molecule has 0 unspecified atom stereocenters. The summed E-state index contributed by atoms with van der Waals surface area (Å²) in [5.74, 6) is 0.00425. The van der Waals surface area contributed by atoms with Crippen molar-refractivity contribution in [2.75, 3.05) is 45.4 Å². The van der Waals surface area contributed by atoms with Gasteiger partial charge in [-0.2, -0.15) is 0 Å². The molecule has 1 N–H and O–H groups in total. The number of methoxy groups -OCH3 is 1. The molecule has 1 aromatic carbocycles. The Labute approximate surface area is 148 Å². The summed E-state index contributed by atoms with van der Waals surface area (Å²) in [5.41, 5.74) is 0.0947. The van der Waals surface area contributed by atoms with Crippen molar-refractivity contribution in [1.82, 2.24) is 9.62 Å². The maximum atomic E-state index is 12.4. The van der Waals surface area contributed by atoms with Gasteiger partial charge in [0.2, 0.25) is 26.0 Å². The summed E-state index contributed by atoms with van der Waals surface area (Å²) < 4.78 is 56.5. The van der Waals surface area contributed by atoms with E-state index < -0.39 is 20.0 Å². The van der Waals surface area contributed by atoms with Gasteiger partial charge in [0, 0.05) is 34.1 Å². The van der Waals surface area contributed by atoms with E-state index in [4.69, 9.17) is 4.74 Å². The third-order valence-electron chi connectivity index (χ3n) is 3.43. The first-order valence-electron chi connectivity index (χ1n) is 7.22. The van der Waals surface area contributed by atoms with Gasteiger partial charge in [-0.1, -0.05) is 0 Å². The highest BCUT2D eigenvalue weighted by molar-refractivity contribution is 7.92. The van der Waals surface area contributed by atoms with E-state index in [1.54, 1.807) is 14.1 Å². The molecule has 25 heavy (non-hydrogen) atoms. The molecule has 1 aromatic rings. The van der Waals surface area contributed by atoms with E-state index in [1.807, 2.05) is 0 Å². The first kappa shape index (κ1) is 21.2. The Morgan fingerprint density at radius 3 is 2.24 bits per heavy atom. The molecular formula is C14H23N3O6S2. The summed E-state index contributed by atoms with van der Waals surface area (Å²) in [6, 6.07) is 3.88. The molecule has 0 saturated carbocycles. The molecule has 0 fully saturated rings. The van der Waals surface area contributed by atoms with Gasteiger partial charge in [-0.3, -0.25) is 9.10 Å². The van der Waals surface area contributed by atoms with Gasteiger partial charge in [-0.25, -0.2) is 21.6 Å². The van der Waals surface area contributed by atoms with Gasteiger partial charge in [-0.15, -0.1) is 0 Å². The first-order chi connectivity index (χ1) is 11.4. The van der Waals surface area contributed by atoms with Crippen molar-refractivity contribution in [3.05, 3.63) is 18.2 Å². The Morgan fingerprint density at radius 1 is 1.16 bits per heavy atom. The number of hydrogen-bond acceptors (Lipinski definition) is 6. The van der Waals surface area contributed by atoms with Crippen molar-refractivity contribution in [3.63, 3.8) is 0 Å². The highest BCUT2D eigenvalue weighted by Gasteiger charge is 2.21. The summed E-state index contributed by atoms with van der Waals surface area (Å²) in [5, 5.41) is 0. The van der Waals surface area contributed by atoms with Crippen molar-refractivity contribution in [1.29, 1.82) is 0 Å². The van der Waals surface area contributed by atoms with Gasteiger partial charge in [0.15, 0.2) is 0 Å². The minimum Gasteiger partial charge on any atom is -0.495 e. The fourth-order valence-electron chi connectivity index (χ4n) is 1.86. The molecule has 142 valence electrons. The molecule has 1 rings (SSSR count). The lowest BCUT2D eigenvalue weighted by Crippen LogP contribution is -2.30. The van der Waals surface area contributed by atoms with Gasteiger partial charge in [0.25, 0.3) is 0 Å². The molecule has 0 saturated heterocycles. The van der Waals surface area contributed by atoms with Gasteiger partial charge in [0.05, 0.1) is 23.9 Å². The monoisotopic (exact) mass is 393 g/mol. The molecule has 11 heteroatoms. The van der Waals surface area contributed by atoms with Crippen molar-refractivity contribution >= 4 is 31.6 Å². The number of rotatable bonds is 8. The zero-order chi connectivity index (χ0) is 19.4. The number of carbonyl (C=O) groups is 1. The summed E-state index contributed by atoms with van der Waals surface area (Å²) in [4.78, 5) is 12.7. The molecule has 0 bridgehead atoms. The predicted molar refractivity (Wildman–Crippen MR) is 94.7 cm³/mol. The van der Waals surface area contributed by atoms with Crippen LogP contribution in [0.4, 0.5) is 5.69 Å². The molecule has 0 atom stereocenters. The second-order valence-electron chi connectivity index (χ2n) is 5.50. The van der Waals surface area contributed by atoms with Crippen LogP contribution in [-0.4, -0.2) is 68.7 Å². The smallest absolute Gasteiger partial charge is 0.240 e. The molecule has 0 spiro atoms. The number of amides is 1. The zero-order valence-electron chi connectivity index (χ0n) is 14.8. The van der Waals surface area contributed by atoms with Crippen LogP contribution in [0.1, 0.15) is 6.42 Å². The van der Waals surface area contributed by atoms with E-state index in [-0.39, 0.29) is 35.2 Å². The van der Waals surface area contributed by atoms with Crippen LogP contribution in [0.2, 0.25) is 0 Å². The summed E-state index contributed by atoms with van der Waals surface area (Å²) in [7, 11) is -1.70. The Morgan fingerprint density at radius 2 is 1.76 bits per heavy atom. The fourth-order valence-corrected chi connectivity index (χ4v) is 3.41. The third kappa shape index (κ3) is 5.58. The predicted octanol–water partition coefficient (Wildman–Crippen LogP) is -0.152. The quantitative estimate of drug-likeness (QED) is 0.657. The van der Waals surface area contributed by atoms with Crippen LogP contribution in [0.5, 0.6) is 5.75 Å². The van der Waals surface area contributed by atoms with Gasteiger partial charge < -0.3 is 9.64 Å². The average molecular weight is 393 g/mol. The number of anilines is 1. The topological polar surface area (TPSA) is 113 Å². The third-order valence-corrected chi connectivity index (χ3v) is 6.08. The van der Waals surface area contributed by atoms with E-state index in [2.05, 4.69) is 4.72 Å². The zero-order valence-corrected chi connectivity index (χ0v) is 16.4. The molecule has 0 heterocycles. The van der Waals surface area contributed by atoms with Crippen LogP contribution in [0, 0.1) is 0 Å². The molecular weight excluding hydrogens is 370 g/mol. The Hall–Kier alpha value is -1.85. The van der Waals surface area contributed by atoms with Crippen LogP contribution in [0.25, 0.3) is 0 Å². The van der Waals surface area contributed by atoms with Gasteiger partial charge in [-0.05, 0) is 18.2 Å². The molecule has 1 amide bonds. The van der Waals surface area contributed by atoms with Gasteiger partial charge in [0.1, 0.15) is 5.75 Å². The van der Waals surface area contributed by atoms with Crippen molar-refractivity contribution in [3.8, 4) is 5.75 Å². The fraction of sp³-hybridized carbons (Fsp3) is 0.500. The summed E-state index contributed by atoms with van der Waals surface area (Å²) in [6.07, 6.45) is 1.01. The number of ether oxygens (including phenoxy) is 1. The second-order valence-corrected chi connectivity index (χ2v) is 9.28. The van der Waals surface area contributed by atoms with E-state index in [0.717, 1.165) is 10.6 Å². The number of nitrogens with zero attached hydrogens (tertiary/aromatic N) is 2. The number of hydrogen-bond donors (Lipinski definition) is 1. The normalized spacial score (nSPS) is 11.9. The van der Waals surface area contributed by atoms with Crippen LogP contribution in [-0.2, 0) is 24.8 Å². The van der Waals surface area contributed by atoms with Crippen LogP contribution < -0.4 is 13.8 Å². The number of carbonyl (C=O) groups excluding carboxylic acids is 1. The highest BCUT2D eigenvalue weighted by atomic mass is 32.2. The number of sulfonamides is 2. The van der Waals surface area contributed by atoms with Crippen LogP contribution in [0.3, 0.4) is 0 Å². The second kappa shape index (κ2) is 8.02. The van der Waals surface area contributed by atoms with Crippen molar-refractivity contribution in [2.45, 2.75) is 11.3 Å². The SMILES string of the molecule is COc1ccc(S(=O)(=O)NCCC(=O)N(C)C)cc1N(C)S(C)(=O)=O. The van der Waals surface area contributed by atoms with E-state index in [9.17, 15) is 21.6 Å². The lowest BCUT2D eigenvalue weighted by Gasteiger charge is -2.20. The molecule has 0 radical (unpaired) electrons. The van der Waals surface area contributed by atoms with Gasteiger partial charge >= 0.3 is 0 Å². The molecule has 0 aliphatic carbocycles. The lowest BCUT2D eigenvalue weighted by molar-refractivity contribution is -0.128. The Kier molecular flexibility index (Phi) is 6.80. The minimum absolute atomic E-state index is 0.0124. The van der Waals surface area contributed by atoms with Crippen LogP contribution in [0.15, 0.2) is 23.1 Å². The maximum absolute atomic E-state index is 12.4. The van der Waals surface area contributed by atoms with E-state index in [0.29, 0.717) is 0 Å². The Bertz CT molecular complexity index is 834. The Balaban J connectivity index is 3.10. The van der Waals surface area contributed by atoms with Crippen molar-refractivity contribution in [2.24, 2.45) is 0 Å². The number of benzene rings is 1. The average Bonchev–Trinajstić information content (AvgIpc) is 2.52. The van der Waals surface area contributed by atoms with Crippen LogP contribution >= 0.6 is 0 Å². The maximum Gasteiger partial charge on any atom is 0.240 e. The molecule has 0 aromatic heterocycles. The van der Waals surface area contributed by atoms with Crippen molar-refractivity contribution < 1.29 is 26.4 Å². The number of nitrogens with one attached hydrogen (secondary N) is 1. The van der Waals surface area contributed by atoms with E-state index in [1.165, 1.54) is 37.3 Å². The lowest BCUT2D eigenvalue weighted by atomic mass is 10.3. The summed E-state index contributed by atoms with van der Waals surface area (Å²) in [6.45, 7) is -0.0668. The standard InChI is InChI=1S/C14H23N3O6S2/c1-16(2)14(18)8-9-15-25(21,22)11-6-7-13(23-4)12(10-11)17(3)24(5,19)20/h6-7,10,15H,8-9H2,1-5H3. The molecule has 0 aliphatic rings. The first-order valence-corrected chi connectivity index (χ1v) is 10.5. The van der Waals surface area contributed by atoms with E-state index >= 15 is 0 Å². The summed E-state index contributed by atoms with van der Waals surface area (Å²) >= 11 is 0. The molecule has 9 nitrogen and oxygen atoms in total. The highest BCUT2D eigenvalue weighted by Crippen LogP contribution is 2.31. The largest absolute Gasteiger partial charge is 0.495 e. The molecule has 0 aliphatic heterocycles. The minimum atomic E-state index is -3.91.